The van der Waals surface area contributed by atoms with E-state index in [1.165, 1.54) is 6.07 Å². The summed E-state index contributed by atoms with van der Waals surface area (Å²) in [5, 5.41) is 9.20. The fourth-order valence-electron chi connectivity index (χ4n) is 1.95. The summed E-state index contributed by atoms with van der Waals surface area (Å²) in [4.78, 5) is 21.8. The van der Waals surface area contributed by atoms with Crippen molar-refractivity contribution in [2.24, 2.45) is 0 Å². The van der Waals surface area contributed by atoms with Crippen LogP contribution < -0.4 is 4.90 Å². The van der Waals surface area contributed by atoms with E-state index in [0.29, 0.717) is 11.6 Å². The summed E-state index contributed by atoms with van der Waals surface area (Å²) >= 11 is 0. The molecule has 2 aromatic rings. The Labute approximate surface area is 117 Å². The van der Waals surface area contributed by atoms with Crippen molar-refractivity contribution in [3.05, 3.63) is 42.1 Å². The van der Waals surface area contributed by atoms with Crippen LogP contribution in [0.1, 0.15) is 24.3 Å². The monoisotopic (exact) mass is 271 g/mol. The van der Waals surface area contributed by atoms with Gasteiger partial charge in [-0.05, 0) is 19.9 Å². The molecule has 0 amide bonds. The average molecular weight is 271 g/mol. The maximum absolute atomic E-state index is 11.2. The van der Waals surface area contributed by atoms with Crippen LogP contribution in [0.4, 0.5) is 5.95 Å². The highest BCUT2D eigenvalue weighted by Crippen LogP contribution is 2.20. The van der Waals surface area contributed by atoms with Crippen LogP contribution in [0.2, 0.25) is 0 Å². The lowest BCUT2D eigenvalue weighted by Crippen LogP contribution is -2.25. The molecular weight excluding hydrogens is 254 g/mol. The number of aromatic nitrogens is 2. The highest BCUT2D eigenvalue weighted by Gasteiger charge is 2.14. The van der Waals surface area contributed by atoms with Crippen molar-refractivity contribution in [3.8, 4) is 11.3 Å². The molecule has 0 aliphatic carbocycles. The topological polar surface area (TPSA) is 66.3 Å². The summed E-state index contributed by atoms with van der Waals surface area (Å²) in [6.07, 6.45) is 0. The lowest BCUT2D eigenvalue weighted by atomic mass is 10.1. The molecule has 0 spiro atoms. The van der Waals surface area contributed by atoms with Gasteiger partial charge < -0.3 is 10.0 Å². The average Bonchev–Trinajstić information content (AvgIpc) is 2.49. The maximum atomic E-state index is 11.2. The minimum Gasteiger partial charge on any atom is -0.477 e. The van der Waals surface area contributed by atoms with E-state index >= 15 is 0 Å². The van der Waals surface area contributed by atoms with Gasteiger partial charge in [0, 0.05) is 18.7 Å². The molecule has 5 nitrogen and oxygen atoms in total. The number of aromatic carboxylic acids is 1. The van der Waals surface area contributed by atoms with E-state index in [4.69, 9.17) is 0 Å². The lowest BCUT2D eigenvalue weighted by molar-refractivity contribution is 0.0690. The number of carboxylic acid groups (broad SMARTS) is 1. The van der Waals surface area contributed by atoms with Crippen molar-refractivity contribution in [2.75, 3.05) is 18.0 Å². The summed E-state index contributed by atoms with van der Waals surface area (Å²) in [6.45, 7) is 5.44. The number of carbonyl (C=O) groups is 1. The minimum atomic E-state index is -1.04. The van der Waals surface area contributed by atoms with Gasteiger partial charge in [0.25, 0.3) is 0 Å². The van der Waals surface area contributed by atoms with Crippen LogP contribution >= 0.6 is 0 Å². The smallest absolute Gasteiger partial charge is 0.354 e. The van der Waals surface area contributed by atoms with Gasteiger partial charge in [0.2, 0.25) is 5.95 Å². The summed E-state index contributed by atoms with van der Waals surface area (Å²) in [5.74, 6) is -0.591. The standard InChI is InChI=1S/C15H17N3O2/c1-3-18(4-2)15-16-12(10-13(17-15)14(19)20)11-8-6-5-7-9-11/h5-10H,3-4H2,1-2H3,(H,19,20). The highest BCUT2D eigenvalue weighted by atomic mass is 16.4. The summed E-state index contributed by atoms with van der Waals surface area (Å²) < 4.78 is 0. The van der Waals surface area contributed by atoms with Gasteiger partial charge in [0.1, 0.15) is 0 Å². The van der Waals surface area contributed by atoms with E-state index < -0.39 is 5.97 Å². The van der Waals surface area contributed by atoms with E-state index in [-0.39, 0.29) is 5.69 Å². The highest BCUT2D eigenvalue weighted by molar-refractivity contribution is 5.87. The maximum Gasteiger partial charge on any atom is 0.354 e. The number of rotatable bonds is 5. The van der Waals surface area contributed by atoms with Gasteiger partial charge in [-0.3, -0.25) is 0 Å². The first-order valence-electron chi connectivity index (χ1n) is 6.58. The molecule has 20 heavy (non-hydrogen) atoms. The Morgan fingerprint density at radius 1 is 1.15 bits per heavy atom. The van der Waals surface area contributed by atoms with Crippen molar-refractivity contribution >= 4 is 11.9 Å². The van der Waals surface area contributed by atoms with Gasteiger partial charge in [-0.2, -0.15) is 0 Å². The van der Waals surface area contributed by atoms with Crippen LogP contribution in [-0.4, -0.2) is 34.1 Å². The van der Waals surface area contributed by atoms with E-state index in [2.05, 4.69) is 9.97 Å². The van der Waals surface area contributed by atoms with E-state index in [9.17, 15) is 9.90 Å². The van der Waals surface area contributed by atoms with Gasteiger partial charge in [-0.25, -0.2) is 14.8 Å². The minimum absolute atomic E-state index is 0.0146. The van der Waals surface area contributed by atoms with Crippen LogP contribution in [0, 0.1) is 0 Å². The fourth-order valence-corrected chi connectivity index (χ4v) is 1.95. The molecule has 104 valence electrons. The van der Waals surface area contributed by atoms with Crippen LogP contribution in [-0.2, 0) is 0 Å². The quantitative estimate of drug-likeness (QED) is 0.905. The van der Waals surface area contributed by atoms with Gasteiger partial charge in [0.15, 0.2) is 5.69 Å². The second-order valence-corrected chi connectivity index (χ2v) is 4.28. The molecule has 0 saturated carbocycles. The van der Waals surface area contributed by atoms with Crippen LogP contribution in [0.5, 0.6) is 0 Å². The second-order valence-electron chi connectivity index (χ2n) is 4.28. The summed E-state index contributed by atoms with van der Waals surface area (Å²) in [5.41, 5.74) is 1.52. The van der Waals surface area contributed by atoms with E-state index in [0.717, 1.165) is 18.7 Å². The molecule has 0 radical (unpaired) electrons. The van der Waals surface area contributed by atoms with Crippen LogP contribution in [0.25, 0.3) is 11.3 Å². The van der Waals surface area contributed by atoms with Gasteiger partial charge in [0.05, 0.1) is 5.69 Å². The Morgan fingerprint density at radius 2 is 1.80 bits per heavy atom. The number of hydrogen-bond donors (Lipinski definition) is 1. The SMILES string of the molecule is CCN(CC)c1nc(C(=O)O)cc(-c2ccccc2)n1. The molecule has 0 atom stereocenters. The molecule has 0 saturated heterocycles. The molecule has 0 aliphatic rings. The van der Waals surface area contributed by atoms with Crippen LogP contribution in [0.3, 0.4) is 0 Å². The molecule has 1 N–H and O–H groups in total. The van der Waals surface area contributed by atoms with Crippen LogP contribution in [0.15, 0.2) is 36.4 Å². The molecule has 1 heterocycles. The number of hydrogen-bond acceptors (Lipinski definition) is 4. The van der Waals surface area contributed by atoms with Gasteiger partial charge >= 0.3 is 5.97 Å². The number of nitrogens with zero attached hydrogens (tertiary/aromatic N) is 3. The van der Waals surface area contributed by atoms with E-state index in [1.807, 2.05) is 49.1 Å². The van der Waals surface area contributed by atoms with Crippen molar-refractivity contribution in [1.82, 2.24) is 9.97 Å². The fraction of sp³-hybridized carbons (Fsp3) is 0.267. The zero-order chi connectivity index (χ0) is 14.5. The van der Waals surface area contributed by atoms with Crippen molar-refractivity contribution in [2.45, 2.75) is 13.8 Å². The molecular formula is C15H17N3O2. The first kappa shape index (κ1) is 14.0. The van der Waals surface area contributed by atoms with Gasteiger partial charge in [-0.15, -0.1) is 0 Å². The molecule has 2 rings (SSSR count). The number of benzene rings is 1. The molecule has 0 bridgehead atoms. The first-order valence-corrected chi connectivity index (χ1v) is 6.58. The van der Waals surface area contributed by atoms with Crippen molar-refractivity contribution in [3.63, 3.8) is 0 Å². The zero-order valence-electron chi connectivity index (χ0n) is 11.6. The predicted molar refractivity (Wildman–Crippen MR) is 78.0 cm³/mol. The lowest BCUT2D eigenvalue weighted by Gasteiger charge is -2.19. The van der Waals surface area contributed by atoms with E-state index in [1.54, 1.807) is 0 Å². The van der Waals surface area contributed by atoms with Gasteiger partial charge in [-0.1, -0.05) is 30.3 Å². The predicted octanol–water partition coefficient (Wildman–Crippen LogP) is 2.69. The van der Waals surface area contributed by atoms with Crippen molar-refractivity contribution < 1.29 is 9.90 Å². The number of anilines is 1. The Bertz CT molecular complexity index is 595. The summed E-state index contributed by atoms with van der Waals surface area (Å²) in [6, 6.07) is 11.0. The Hall–Kier alpha value is -2.43. The molecule has 0 aliphatic heterocycles. The molecule has 0 fully saturated rings. The molecule has 5 heteroatoms. The van der Waals surface area contributed by atoms with Crippen molar-refractivity contribution in [1.29, 1.82) is 0 Å². The molecule has 1 aromatic carbocycles. The third-order valence-corrected chi connectivity index (χ3v) is 3.05. The Balaban J connectivity index is 2.55. The largest absolute Gasteiger partial charge is 0.477 e. The summed E-state index contributed by atoms with van der Waals surface area (Å²) in [7, 11) is 0. The first-order chi connectivity index (χ1) is 9.65. The molecule has 0 unspecified atom stereocenters. The third-order valence-electron chi connectivity index (χ3n) is 3.05. The Morgan fingerprint density at radius 3 is 2.35 bits per heavy atom. The molecule has 1 aromatic heterocycles. The normalized spacial score (nSPS) is 10.3. The number of carboxylic acids is 1. The third kappa shape index (κ3) is 2.93. The second kappa shape index (κ2) is 6.14. The zero-order valence-corrected chi connectivity index (χ0v) is 11.6. The Kier molecular flexibility index (Phi) is 4.30.